The lowest BCUT2D eigenvalue weighted by Gasteiger charge is -2.10. The Morgan fingerprint density at radius 1 is 0.857 bits per heavy atom. The third-order valence-electron chi connectivity index (χ3n) is 4.74. The molecule has 4 aromatic rings. The molecule has 2 N–H and O–H groups in total. The molecule has 0 spiro atoms. The highest BCUT2D eigenvalue weighted by Gasteiger charge is 2.15. The van der Waals surface area contributed by atoms with Crippen LogP contribution >= 0.6 is 11.6 Å². The fourth-order valence-corrected chi connectivity index (χ4v) is 3.16. The first-order chi connectivity index (χ1) is 17.0. The van der Waals surface area contributed by atoms with Gasteiger partial charge in [-0.1, -0.05) is 35.9 Å². The van der Waals surface area contributed by atoms with E-state index < -0.39 is 17.8 Å². The Morgan fingerprint density at radius 2 is 1.60 bits per heavy atom. The number of hydrazone groups is 1. The summed E-state index contributed by atoms with van der Waals surface area (Å²) in [5, 5.41) is 7.20. The first-order valence-electron chi connectivity index (χ1n) is 10.4. The topological polar surface area (TPSA) is 110 Å². The van der Waals surface area contributed by atoms with Gasteiger partial charge in [0.1, 0.15) is 5.75 Å². The normalized spacial score (nSPS) is 10.7. The fourth-order valence-electron chi connectivity index (χ4n) is 3.03. The highest BCUT2D eigenvalue weighted by atomic mass is 35.5. The molecule has 0 saturated heterocycles. The number of carbonyl (C=O) groups excluding carboxylic acids is 3. The Labute approximate surface area is 205 Å². The number of carbonyl (C=O) groups is 3. The number of ether oxygens (including phenoxy) is 1. The van der Waals surface area contributed by atoms with Gasteiger partial charge in [-0.2, -0.15) is 5.10 Å². The van der Waals surface area contributed by atoms with E-state index >= 15 is 0 Å². The minimum Gasteiger partial charge on any atom is -0.457 e. The smallest absolute Gasteiger partial charge is 0.379 e. The SMILES string of the molecule is O=C(Nc1ccccc1C(=O)N/N=C\c1ccccc1OC(=O)c1ccco1)c1ccc(Cl)cc1. The Bertz CT molecular complexity index is 1380. The number of benzene rings is 3. The molecule has 1 heterocycles. The number of furan rings is 1. The van der Waals surface area contributed by atoms with E-state index in [4.69, 9.17) is 20.8 Å². The van der Waals surface area contributed by atoms with E-state index in [9.17, 15) is 14.4 Å². The summed E-state index contributed by atoms with van der Waals surface area (Å²) in [5.74, 6) is -1.30. The van der Waals surface area contributed by atoms with Crippen LogP contribution in [0.25, 0.3) is 0 Å². The van der Waals surface area contributed by atoms with Crippen molar-refractivity contribution in [1.82, 2.24) is 5.43 Å². The monoisotopic (exact) mass is 487 g/mol. The summed E-state index contributed by atoms with van der Waals surface area (Å²) in [6.45, 7) is 0. The average Bonchev–Trinajstić information content (AvgIpc) is 3.41. The molecule has 0 fully saturated rings. The van der Waals surface area contributed by atoms with Gasteiger partial charge in [-0.25, -0.2) is 10.2 Å². The lowest BCUT2D eigenvalue weighted by Crippen LogP contribution is -2.21. The molecule has 4 rings (SSSR count). The molecular formula is C26H18ClN3O5. The summed E-state index contributed by atoms with van der Waals surface area (Å²) >= 11 is 5.87. The van der Waals surface area contributed by atoms with Crippen molar-refractivity contribution in [3.63, 3.8) is 0 Å². The van der Waals surface area contributed by atoms with Crippen LogP contribution in [-0.2, 0) is 0 Å². The Hall–Kier alpha value is -4.69. The van der Waals surface area contributed by atoms with Gasteiger partial charge in [-0.3, -0.25) is 9.59 Å². The first-order valence-corrected chi connectivity index (χ1v) is 10.7. The van der Waals surface area contributed by atoms with Gasteiger partial charge in [0.05, 0.1) is 23.7 Å². The van der Waals surface area contributed by atoms with E-state index in [1.165, 1.54) is 18.5 Å². The van der Waals surface area contributed by atoms with Crippen molar-refractivity contribution < 1.29 is 23.5 Å². The number of para-hydroxylation sites is 2. The quantitative estimate of drug-likeness (QED) is 0.162. The number of nitrogens with one attached hydrogen (secondary N) is 2. The highest BCUT2D eigenvalue weighted by Crippen LogP contribution is 2.19. The number of anilines is 1. The zero-order valence-corrected chi connectivity index (χ0v) is 18.9. The van der Waals surface area contributed by atoms with Gasteiger partial charge >= 0.3 is 5.97 Å². The minimum absolute atomic E-state index is 0.0577. The van der Waals surface area contributed by atoms with Gasteiger partial charge in [0.15, 0.2) is 0 Å². The molecule has 35 heavy (non-hydrogen) atoms. The molecule has 0 aliphatic heterocycles. The van der Waals surface area contributed by atoms with Crippen LogP contribution < -0.4 is 15.5 Å². The number of hydrogen-bond donors (Lipinski definition) is 2. The molecule has 0 unspecified atom stereocenters. The van der Waals surface area contributed by atoms with Crippen LogP contribution in [0.4, 0.5) is 5.69 Å². The third-order valence-corrected chi connectivity index (χ3v) is 4.99. The van der Waals surface area contributed by atoms with Crippen molar-refractivity contribution in [2.24, 2.45) is 5.10 Å². The number of rotatable bonds is 7. The van der Waals surface area contributed by atoms with Gasteiger partial charge < -0.3 is 14.5 Å². The lowest BCUT2D eigenvalue weighted by atomic mass is 10.1. The van der Waals surface area contributed by atoms with Crippen LogP contribution in [0.5, 0.6) is 5.75 Å². The van der Waals surface area contributed by atoms with Gasteiger partial charge in [0.2, 0.25) is 5.76 Å². The van der Waals surface area contributed by atoms with Gasteiger partial charge in [-0.05, 0) is 60.7 Å². The highest BCUT2D eigenvalue weighted by molar-refractivity contribution is 6.30. The van der Waals surface area contributed by atoms with Gasteiger partial charge in [0, 0.05) is 16.1 Å². The number of amides is 2. The summed E-state index contributed by atoms with van der Waals surface area (Å²) in [6, 6.07) is 22.7. The second-order valence-electron chi connectivity index (χ2n) is 7.11. The number of nitrogens with zero attached hydrogens (tertiary/aromatic N) is 1. The standard InChI is InChI=1S/C26H18ClN3O5/c27-19-13-11-17(12-14-19)24(31)29-21-8-3-2-7-20(21)25(32)30-28-16-18-6-1-4-9-22(18)35-26(33)23-10-5-15-34-23/h1-16H,(H,29,31)(H,30,32)/b28-16-. The summed E-state index contributed by atoms with van der Waals surface area (Å²) < 4.78 is 10.4. The Morgan fingerprint density at radius 3 is 2.37 bits per heavy atom. The molecular weight excluding hydrogens is 470 g/mol. The van der Waals surface area contributed by atoms with Crippen molar-refractivity contribution in [2.45, 2.75) is 0 Å². The third kappa shape index (κ3) is 6.01. The van der Waals surface area contributed by atoms with Crippen LogP contribution in [0.3, 0.4) is 0 Å². The minimum atomic E-state index is -0.662. The van der Waals surface area contributed by atoms with Crippen molar-refractivity contribution in [1.29, 1.82) is 0 Å². The second kappa shape index (κ2) is 11.0. The molecule has 0 aliphatic rings. The number of esters is 1. The molecule has 1 aromatic heterocycles. The average molecular weight is 488 g/mol. The molecule has 9 heteroatoms. The lowest BCUT2D eigenvalue weighted by molar-refractivity contribution is 0.0700. The van der Waals surface area contributed by atoms with Crippen LogP contribution in [-0.4, -0.2) is 24.0 Å². The summed E-state index contributed by atoms with van der Waals surface area (Å²) in [4.78, 5) is 37.5. The van der Waals surface area contributed by atoms with E-state index in [1.54, 1.807) is 78.9 Å². The summed E-state index contributed by atoms with van der Waals surface area (Å²) in [5.41, 5.74) is 3.79. The zero-order chi connectivity index (χ0) is 24.6. The Kier molecular flexibility index (Phi) is 7.34. The molecule has 0 atom stereocenters. The number of hydrogen-bond acceptors (Lipinski definition) is 6. The zero-order valence-electron chi connectivity index (χ0n) is 18.1. The second-order valence-corrected chi connectivity index (χ2v) is 7.55. The van der Waals surface area contributed by atoms with Crippen molar-refractivity contribution >= 4 is 41.3 Å². The maximum atomic E-state index is 12.7. The molecule has 0 radical (unpaired) electrons. The van der Waals surface area contributed by atoms with E-state index in [0.717, 1.165) is 0 Å². The van der Waals surface area contributed by atoms with E-state index in [0.29, 0.717) is 21.8 Å². The van der Waals surface area contributed by atoms with E-state index in [-0.39, 0.29) is 17.1 Å². The van der Waals surface area contributed by atoms with Crippen LogP contribution in [0, 0.1) is 0 Å². The molecule has 0 saturated carbocycles. The fraction of sp³-hybridized carbons (Fsp3) is 0. The van der Waals surface area contributed by atoms with E-state index in [1.807, 2.05) is 0 Å². The maximum Gasteiger partial charge on any atom is 0.379 e. The maximum absolute atomic E-state index is 12.7. The van der Waals surface area contributed by atoms with E-state index in [2.05, 4.69) is 15.8 Å². The molecule has 0 bridgehead atoms. The first kappa shape index (κ1) is 23.5. The van der Waals surface area contributed by atoms with Crippen LogP contribution in [0.1, 0.15) is 36.8 Å². The predicted molar refractivity (Wildman–Crippen MR) is 131 cm³/mol. The summed E-state index contributed by atoms with van der Waals surface area (Å²) in [6.07, 6.45) is 2.72. The molecule has 8 nitrogen and oxygen atoms in total. The van der Waals surface area contributed by atoms with Crippen molar-refractivity contribution in [3.05, 3.63) is 119 Å². The summed E-state index contributed by atoms with van der Waals surface area (Å²) in [7, 11) is 0. The molecule has 3 aromatic carbocycles. The van der Waals surface area contributed by atoms with Crippen LogP contribution in [0.2, 0.25) is 5.02 Å². The Balaban J connectivity index is 1.44. The number of halogens is 1. The largest absolute Gasteiger partial charge is 0.457 e. The molecule has 2 amide bonds. The van der Waals surface area contributed by atoms with Crippen molar-refractivity contribution in [3.8, 4) is 5.75 Å². The van der Waals surface area contributed by atoms with Crippen molar-refractivity contribution in [2.75, 3.05) is 5.32 Å². The van der Waals surface area contributed by atoms with Gasteiger partial charge in [-0.15, -0.1) is 0 Å². The predicted octanol–water partition coefficient (Wildman–Crippen LogP) is 5.17. The molecule has 174 valence electrons. The van der Waals surface area contributed by atoms with Gasteiger partial charge in [0.25, 0.3) is 11.8 Å². The molecule has 0 aliphatic carbocycles. The van der Waals surface area contributed by atoms with Crippen LogP contribution in [0.15, 0.2) is 101 Å².